The molecular formula is C10H13N3O3. The van der Waals surface area contributed by atoms with E-state index in [2.05, 4.69) is 9.82 Å². The SMILES string of the molecule is CCCC(=O)ONC(=O)c1ccncc1N. The third kappa shape index (κ3) is 3.23. The summed E-state index contributed by atoms with van der Waals surface area (Å²) < 4.78 is 0. The summed E-state index contributed by atoms with van der Waals surface area (Å²) in [5.41, 5.74) is 8.00. The highest BCUT2D eigenvalue weighted by Crippen LogP contribution is 2.07. The van der Waals surface area contributed by atoms with Gasteiger partial charge >= 0.3 is 5.97 Å². The van der Waals surface area contributed by atoms with E-state index in [-0.39, 0.29) is 17.7 Å². The van der Waals surface area contributed by atoms with Crippen molar-refractivity contribution < 1.29 is 14.4 Å². The number of pyridine rings is 1. The van der Waals surface area contributed by atoms with Gasteiger partial charge in [0.15, 0.2) is 0 Å². The third-order valence-corrected chi connectivity index (χ3v) is 1.81. The van der Waals surface area contributed by atoms with Gasteiger partial charge in [0.1, 0.15) is 0 Å². The molecule has 0 fully saturated rings. The summed E-state index contributed by atoms with van der Waals surface area (Å²) in [6, 6.07) is 1.44. The molecule has 0 saturated heterocycles. The molecule has 1 aromatic rings. The average molecular weight is 223 g/mol. The van der Waals surface area contributed by atoms with Crippen molar-refractivity contribution in [3.05, 3.63) is 24.0 Å². The van der Waals surface area contributed by atoms with Crippen molar-refractivity contribution in [2.45, 2.75) is 19.8 Å². The number of nitrogens with zero attached hydrogens (tertiary/aromatic N) is 1. The average Bonchev–Trinajstić information content (AvgIpc) is 2.27. The summed E-state index contributed by atoms with van der Waals surface area (Å²) in [4.78, 5) is 30.7. The molecule has 1 amide bonds. The third-order valence-electron chi connectivity index (χ3n) is 1.81. The minimum atomic E-state index is -0.565. The van der Waals surface area contributed by atoms with Gasteiger partial charge in [-0.15, -0.1) is 0 Å². The van der Waals surface area contributed by atoms with Gasteiger partial charge in [0.05, 0.1) is 17.4 Å². The minimum Gasteiger partial charge on any atom is -0.397 e. The van der Waals surface area contributed by atoms with Gasteiger partial charge in [-0.25, -0.2) is 4.79 Å². The summed E-state index contributed by atoms with van der Waals surface area (Å²) in [7, 11) is 0. The molecule has 0 saturated carbocycles. The molecule has 0 radical (unpaired) electrons. The van der Waals surface area contributed by atoms with Crippen molar-refractivity contribution in [1.82, 2.24) is 10.5 Å². The fourth-order valence-electron chi connectivity index (χ4n) is 1.03. The molecule has 0 atom stereocenters. The van der Waals surface area contributed by atoms with Crippen LogP contribution in [0.15, 0.2) is 18.5 Å². The van der Waals surface area contributed by atoms with E-state index >= 15 is 0 Å². The number of nitrogens with two attached hydrogens (primary N) is 1. The molecule has 6 heteroatoms. The number of carbonyl (C=O) groups is 2. The molecule has 16 heavy (non-hydrogen) atoms. The maximum atomic E-state index is 11.5. The molecule has 0 aliphatic heterocycles. The van der Waals surface area contributed by atoms with Crippen molar-refractivity contribution in [2.75, 3.05) is 5.73 Å². The van der Waals surface area contributed by atoms with Crippen molar-refractivity contribution in [1.29, 1.82) is 0 Å². The second kappa shape index (κ2) is 5.69. The van der Waals surface area contributed by atoms with E-state index < -0.39 is 11.9 Å². The number of hydrogen-bond donors (Lipinski definition) is 2. The van der Waals surface area contributed by atoms with Gasteiger partial charge in [-0.05, 0) is 12.5 Å². The van der Waals surface area contributed by atoms with Crippen molar-refractivity contribution in [3.63, 3.8) is 0 Å². The highest BCUT2D eigenvalue weighted by Gasteiger charge is 2.11. The number of amides is 1. The number of nitrogen functional groups attached to an aromatic ring is 1. The lowest BCUT2D eigenvalue weighted by molar-refractivity contribution is -0.149. The highest BCUT2D eigenvalue weighted by molar-refractivity contribution is 5.98. The summed E-state index contributed by atoms with van der Waals surface area (Å²) in [6.07, 6.45) is 3.69. The molecule has 1 aromatic heterocycles. The van der Waals surface area contributed by atoms with Gasteiger partial charge < -0.3 is 10.6 Å². The molecule has 0 unspecified atom stereocenters. The predicted octanol–water partition coefficient (Wildman–Crippen LogP) is 0.652. The lowest BCUT2D eigenvalue weighted by Crippen LogP contribution is -2.27. The monoisotopic (exact) mass is 223 g/mol. The summed E-state index contributed by atoms with van der Waals surface area (Å²) >= 11 is 0. The van der Waals surface area contributed by atoms with Gasteiger partial charge in [0.2, 0.25) is 0 Å². The van der Waals surface area contributed by atoms with Crippen LogP contribution in [-0.2, 0) is 9.63 Å². The van der Waals surface area contributed by atoms with E-state index in [1.165, 1.54) is 18.5 Å². The summed E-state index contributed by atoms with van der Waals surface area (Å²) in [5.74, 6) is -1.05. The lowest BCUT2D eigenvalue weighted by atomic mass is 10.2. The zero-order valence-electron chi connectivity index (χ0n) is 8.90. The first-order valence-electron chi connectivity index (χ1n) is 4.84. The van der Waals surface area contributed by atoms with Crippen molar-refractivity contribution in [3.8, 4) is 0 Å². The Morgan fingerprint density at radius 2 is 2.31 bits per heavy atom. The van der Waals surface area contributed by atoms with Gasteiger partial charge in [-0.2, -0.15) is 5.48 Å². The zero-order valence-corrected chi connectivity index (χ0v) is 8.90. The molecule has 1 heterocycles. The fourth-order valence-corrected chi connectivity index (χ4v) is 1.03. The molecule has 0 aliphatic rings. The van der Waals surface area contributed by atoms with Crippen LogP contribution in [0.2, 0.25) is 0 Å². The summed E-state index contributed by atoms with van der Waals surface area (Å²) in [6.45, 7) is 1.84. The Labute approximate surface area is 92.8 Å². The first-order valence-corrected chi connectivity index (χ1v) is 4.84. The van der Waals surface area contributed by atoms with Crippen molar-refractivity contribution >= 4 is 17.6 Å². The molecule has 3 N–H and O–H groups in total. The van der Waals surface area contributed by atoms with Crippen LogP contribution in [0, 0.1) is 0 Å². The van der Waals surface area contributed by atoms with Gasteiger partial charge in [0, 0.05) is 12.6 Å². The first-order chi connectivity index (χ1) is 7.65. The van der Waals surface area contributed by atoms with Gasteiger partial charge in [0.25, 0.3) is 5.91 Å². The Hall–Kier alpha value is -2.11. The molecule has 0 bridgehead atoms. The maximum Gasteiger partial charge on any atom is 0.332 e. The normalized spacial score (nSPS) is 9.56. The standard InChI is InChI=1S/C10H13N3O3/c1-2-3-9(14)16-13-10(15)7-4-5-12-6-8(7)11/h4-6H,2-3,11H2,1H3,(H,13,15). The van der Waals surface area contributed by atoms with Crippen molar-refractivity contribution in [2.24, 2.45) is 0 Å². The molecule has 86 valence electrons. The number of anilines is 1. The van der Waals surface area contributed by atoms with Crippen LogP contribution in [0.25, 0.3) is 0 Å². The number of aromatic nitrogens is 1. The van der Waals surface area contributed by atoms with E-state index in [9.17, 15) is 9.59 Å². The van der Waals surface area contributed by atoms with E-state index in [0.29, 0.717) is 6.42 Å². The van der Waals surface area contributed by atoms with Crippen LogP contribution in [0.1, 0.15) is 30.1 Å². The van der Waals surface area contributed by atoms with Crippen LogP contribution in [0.5, 0.6) is 0 Å². The molecule has 1 rings (SSSR count). The zero-order chi connectivity index (χ0) is 12.0. The number of rotatable bonds is 3. The number of hydrogen-bond acceptors (Lipinski definition) is 5. The van der Waals surface area contributed by atoms with Crippen LogP contribution >= 0.6 is 0 Å². The Morgan fingerprint density at radius 3 is 2.94 bits per heavy atom. The topological polar surface area (TPSA) is 94.3 Å². The van der Waals surface area contributed by atoms with Crippen LogP contribution in [0.4, 0.5) is 5.69 Å². The second-order valence-electron chi connectivity index (χ2n) is 3.12. The minimum absolute atomic E-state index is 0.222. The van der Waals surface area contributed by atoms with E-state index in [4.69, 9.17) is 5.73 Å². The maximum absolute atomic E-state index is 11.5. The Morgan fingerprint density at radius 1 is 1.56 bits per heavy atom. The molecular weight excluding hydrogens is 210 g/mol. The molecule has 0 aliphatic carbocycles. The quantitative estimate of drug-likeness (QED) is 0.734. The lowest BCUT2D eigenvalue weighted by Gasteiger charge is -2.06. The molecule has 0 aromatic carbocycles. The molecule has 6 nitrogen and oxygen atoms in total. The van der Waals surface area contributed by atoms with Crippen LogP contribution in [-0.4, -0.2) is 16.9 Å². The van der Waals surface area contributed by atoms with E-state index in [1.807, 2.05) is 12.4 Å². The summed E-state index contributed by atoms with van der Waals surface area (Å²) in [5, 5.41) is 0. The van der Waals surface area contributed by atoms with Gasteiger partial charge in [-0.3, -0.25) is 9.78 Å². The largest absolute Gasteiger partial charge is 0.397 e. The smallest absolute Gasteiger partial charge is 0.332 e. The molecule has 0 spiro atoms. The van der Waals surface area contributed by atoms with Gasteiger partial charge in [-0.1, -0.05) is 6.92 Å². The Bertz CT molecular complexity index is 393. The van der Waals surface area contributed by atoms with E-state index in [1.54, 1.807) is 0 Å². The Kier molecular flexibility index (Phi) is 4.26. The van der Waals surface area contributed by atoms with Crippen LogP contribution < -0.4 is 11.2 Å². The number of hydroxylamine groups is 1. The van der Waals surface area contributed by atoms with Crippen LogP contribution in [0.3, 0.4) is 0 Å². The number of carbonyl (C=O) groups excluding carboxylic acids is 2. The highest BCUT2D eigenvalue weighted by atomic mass is 16.7. The number of nitrogens with one attached hydrogen (secondary N) is 1. The fraction of sp³-hybridized carbons (Fsp3) is 0.300. The predicted molar refractivity (Wildman–Crippen MR) is 57.1 cm³/mol. The Balaban J connectivity index is 2.54. The second-order valence-corrected chi connectivity index (χ2v) is 3.12. The van der Waals surface area contributed by atoms with E-state index in [0.717, 1.165) is 0 Å². The first kappa shape index (κ1) is 12.0.